The van der Waals surface area contributed by atoms with Gasteiger partial charge in [-0.25, -0.2) is 0 Å². The molecule has 0 atom stereocenters. The second kappa shape index (κ2) is 7.62. The highest BCUT2D eigenvalue weighted by Crippen LogP contribution is 2.22. The fraction of sp³-hybridized carbons (Fsp3) is 0.263. The molecule has 0 aliphatic rings. The summed E-state index contributed by atoms with van der Waals surface area (Å²) in [7, 11) is 1.62. The van der Waals surface area contributed by atoms with E-state index >= 15 is 0 Å². The maximum atomic E-state index is 12.4. The minimum Gasteiger partial charge on any atom is -0.332 e. The van der Waals surface area contributed by atoms with E-state index in [1.165, 1.54) is 4.90 Å². The van der Waals surface area contributed by atoms with Gasteiger partial charge in [-0.15, -0.1) is 0 Å². The van der Waals surface area contributed by atoms with Crippen molar-refractivity contribution in [2.75, 3.05) is 18.9 Å². The lowest BCUT2D eigenvalue weighted by molar-refractivity contribution is -0.116. The van der Waals surface area contributed by atoms with Crippen LogP contribution in [0.1, 0.15) is 27.0 Å². The number of carbonyl (C=O) groups is 2. The zero-order valence-corrected chi connectivity index (χ0v) is 15.9. The van der Waals surface area contributed by atoms with Crippen LogP contribution >= 0.6 is 15.9 Å². The summed E-state index contributed by atoms with van der Waals surface area (Å²) in [6.07, 6.45) is 0. The van der Waals surface area contributed by atoms with E-state index in [0.29, 0.717) is 10.0 Å². The van der Waals surface area contributed by atoms with Gasteiger partial charge in [0.25, 0.3) is 5.91 Å². The predicted molar refractivity (Wildman–Crippen MR) is 100 cm³/mol. The molecule has 0 heterocycles. The molecule has 2 aromatic carbocycles. The summed E-state index contributed by atoms with van der Waals surface area (Å²) >= 11 is 3.36. The molecule has 0 aliphatic heterocycles. The molecule has 1 N–H and O–H groups in total. The van der Waals surface area contributed by atoms with Gasteiger partial charge >= 0.3 is 0 Å². The topological polar surface area (TPSA) is 49.4 Å². The minimum absolute atomic E-state index is 0.00702. The third kappa shape index (κ3) is 4.23. The van der Waals surface area contributed by atoms with Crippen molar-refractivity contribution in [1.29, 1.82) is 0 Å². The van der Waals surface area contributed by atoms with Crippen LogP contribution in [0.15, 0.2) is 40.9 Å². The third-order valence-corrected chi connectivity index (χ3v) is 4.46. The third-order valence-electron chi connectivity index (χ3n) is 3.77. The number of nitrogens with zero attached hydrogens (tertiary/aromatic N) is 1. The normalized spacial score (nSPS) is 10.4. The fourth-order valence-corrected chi connectivity index (χ4v) is 3.14. The lowest BCUT2D eigenvalue weighted by Gasteiger charge is -2.19. The molecule has 0 saturated heterocycles. The van der Waals surface area contributed by atoms with Crippen LogP contribution in [0.5, 0.6) is 0 Å². The van der Waals surface area contributed by atoms with Gasteiger partial charge in [0.15, 0.2) is 0 Å². The molecule has 0 spiro atoms. The maximum absolute atomic E-state index is 12.4. The van der Waals surface area contributed by atoms with E-state index in [0.717, 1.165) is 22.4 Å². The minimum atomic E-state index is -0.215. The Morgan fingerprint density at radius 2 is 1.67 bits per heavy atom. The standard InChI is InChI=1S/C19H21BrN2O2/c1-12-9-13(2)18(14(3)10-12)21-17(23)11-22(4)19(24)15-7-5-6-8-16(15)20/h5-10H,11H2,1-4H3,(H,21,23). The monoisotopic (exact) mass is 388 g/mol. The Morgan fingerprint density at radius 3 is 2.25 bits per heavy atom. The van der Waals surface area contributed by atoms with Crippen LogP contribution in [0.3, 0.4) is 0 Å². The summed E-state index contributed by atoms with van der Waals surface area (Å²) in [5.74, 6) is -0.414. The number of hydrogen-bond acceptors (Lipinski definition) is 2. The van der Waals surface area contributed by atoms with Gasteiger partial charge in [0.1, 0.15) is 0 Å². The second-order valence-corrected chi connectivity index (χ2v) is 6.82. The number of amides is 2. The van der Waals surface area contributed by atoms with E-state index in [2.05, 4.69) is 21.2 Å². The molecule has 5 heteroatoms. The van der Waals surface area contributed by atoms with Crippen molar-refractivity contribution in [3.63, 3.8) is 0 Å². The highest BCUT2D eigenvalue weighted by molar-refractivity contribution is 9.10. The van der Waals surface area contributed by atoms with Crippen molar-refractivity contribution in [3.05, 3.63) is 63.1 Å². The number of likely N-dealkylation sites (N-methyl/N-ethyl adjacent to an activating group) is 1. The van der Waals surface area contributed by atoms with Crippen LogP contribution in [0.2, 0.25) is 0 Å². The maximum Gasteiger partial charge on any atom is 0.255 e. The molecule has 0 aliphatic carbocycles. The molecule has 2 amide bonds. The first-order chi connectivity index (χ1) is 11.3. The first-order valence-corrected chi connectivity index (χ1v) is 8.46. The summed E-state index contributed by atoms with van der Waals surface area (Å²) in [5.41, 5.74) is 4.54. The Morgan fingerprint density at radius 1 is 1.08 bits per heavy atom. The Labute approximate surface area is 151 Å². The average Bonchev–Trinajstić information content (AvgIpc) is 2.50. The smallest absolute Gasteiger partial charge is 0.255 e. The van der Waals surface area contributed by atoms with Gasteiger partial charge in [0.2, 0.25) is 5.91 Å². The van der Waals surface area contributed by atoms with Gasteiger partial charge < -0.3 is 10.2 Å². The number of aryl methyl sites for hydroxylation is 3. The van der Waals surface area contributed by atoms with Crippen LogP contribution in [0, 0.1) is 20.8 Å². The number of benzene rings is 2. The quantitative estimate of drug-likeness (QED) is 0.857. The van der Waals surface area contributed by atoms with E-state index in [9.17, 15) is 9.59 Å². The molecule has 2 aromatic rings. The Bertz CT molecular complexity index is 764. The van der Waals surface area contributed by atoms with Gasteiger partial charge in [-0.3, -0.25) is 9.59 Å². The van der Waals surface area contributed by atoms with Crippen LogP contribution in [-0.2, 0) is 4.79 Å². The molecule has 4 nitrogen and oxygen atoms in total. The zero-order valence-electron chi connectivity index (χ0n) is 14.3. The number of anilines is 1. The Hall–Kier alpha value is -2.14. The molecule has 0 saturated carbocycles. The van der Waals surface area contributed by atoms with E-state index in [4.69, 9.17) is 0 Å². The van der Waals surface area contributed by atoms with Crippen LogP contribution in [0.25, 0.3) is 0 Å². The molecule has 0 aromatic heterocycles. The Kier molecular flexibility index (Phi) is 5.78. The molecular formula is C19H21BrN2O2. The predicted octanol–water partition coefficient (Wildman–Crippen LogP) is 4.09. The molecule has 0 radical (unpaired) electrons. The van der Waals surface area contributed by atoms with Crippen LogP contribution < -0.4 is 5.32 Å². The number of carbonyl (C=O) groups excluding carboxylic acids is 2. The molecule has 2 rings (SSSR count). The molecule has 0 fully saturated rings. The summed E-state index contributed by atoms with van der Waals surface area (Å²) in [6, 6.07) is 11.2. The van der Waals surface area contributed by atoms with Crippen molar-refractivity contribution in [3.8, 4) is 0 Å². The lowest BCUT2D eigenvalue weighted by atomic mass is 10.1. The molecule has 0 bridgehead atoms. The van der Waals surface area contributed by atoms with Gasteiger partial charge in [-0.05, 0) is 60.0 Å². The molecule has 24 heavy (non-hydrogen) atoms. The van der Waals surface area contributed by atoms with Gasteiger partial charge in [-0.1, -0.05) is 29.8 Å². The van der Waals surface area contributed by atoms with E-state index in [-0.39, 0.29) is 18.4 Å². The van der Waals surface area contributed by atoms with Crippen LogP contribution in [0.4, 0.5) is 5.69 Å². The van der Waals surface area contributed by atoms with E-state index in [1.54, 1.807) is 25.2 Å². The zero-order chi connectivity index (χ0) is 17.9. The summed E-state index contributed by atoms with van der Waals surface area (Å²) in [4.78, 5) is 26.2. The molecule has 126 valence electrons. The first-order valence-electron chi connectivity index (χ1n) is 7.67. The highest BCUT2D eigenvalue weighted by atomic mass is 79.9. The van der Waals surface area contributed by atoms with Crippen LogP contribution in [-0.4, -0.2) is 30.3 Å². The molecule has 0 unspecified atom stereocenters. The Balaban J connectivity index is 2.07. The number of halogens is 1. The van der Waals surface area contributed by atoms with Gasteiger partial charge in [0.05, 0.1) is 12.1 Å². The highest BCUT2D eigenvalue weighted by Gasteiger charge is 2.17. The number of hydrogen-bond donors (Lipinski definition) is 1. The lowest BCUT2D eigenvalue weighted by Crippen LogP contribution is -2.35. The molecular weight excluding hydrogens is 368 g/mol. The fourth-order valence-electron chi connectivity index (χ4n) is 2.68. The van der Waals surface area contributed by atoms with Crippen molar-refractivity contribution >= 4 is 33.4 Å². The second-order valence-electron chi connectivity index (χ2n) is 5.96. The summed E-state index contributed by atoms with van der Waals surface area (Å²) in [5, 5.41) is 2.91. The average molecular weight is 389 g/mol. The summed E-state index contributed by atoms with van der Waals surface area (Å²) in [6.45, 7) is 5.94. The SMILES string of the molecule is Cc1cc(C)c(NC(=O)CN(C)C(=O)c2ccccc2Br)c(C)c1. The van der Waals surface area contributed by atoms with E-state index < -0.39 is 0 Å². The summed E-state index contributed by atoms with van der Waals surface area (Å²) < 4.78 is 0.715. The van der Waals surface area contributed by atoms with Gasteiger partial charge in [0, 0.05) is 17.2 Å². The van der Waals surface area contributed by atoms with Crippen molar-refractivity contribution in [2.45, 2.75) is 20.8 Å². The van der Waals surface area contributed by atoms with Gasteiger partial charge in [-0.2, -0.15) is 0 Å². The first kappa shape index (κ1) is 18.2. The van der Waals surface area contributed by atoms with Crippen molar-refractivity contribution in [1.82, 2.24) is 4.90 Å². The van der Waals surface area contributed by atoms with Crippen molar-refractivity contribution < 1.29 is 9.59 Å². The number of rotatable bonds is 4. The van der Waals surface area contributed by atoms with E-state index in [1.807, 2.05) is 39.0 Å². The van der Waals surface area contributed by atoms with Crippen molar-refractivity contribution in [2.24, 2.45) is 0 Å². The number of nitrogens with one attached hydrogen (secondary N) is 1. The largest absolute Gasteiger partial charge is 0.332 e.